The number of aromatic nitrogens is 4. The van der Waals surface area contributed by atoms with E-state index in [2.05, 4.69) is 31.2 Å². The number of nitrogens with zero attached hydrogens (tertiary/aromatic N) is 4. The van der Waals surface area contributed by atoms with Gasteiger partial charge in [0, 0.05) is 11.7 Å². The second-order valence-electron chi connectivity index (χ2n) is 6.92. The Hall–Kier alpha value is -2.89. The molecule has 0 saturated carbocycles. The Morgan fingerprint density at radius 2 is 1.92 bits per heavy atom. The van der Waals surface area contributed by atoms with E-state index in [-0.39, 0.29) is 5.54 Å². The zero-order valence-corrected chi connectivity index (χ0v) is 14.2. The van der Waals surface area contributed by atoms with Gasteiger partial charge < -0.3 is 9.84 Å². The standard InChI is InChI=1S/C18H19N5O/c1-11-15-13(24-22-11)9-8-12(19-15)16-17(21-18(2,3)4)23-10-6-5-7-14(23)20-16/h5-10,21H,1-4H3. The van der Waals surface area contributed by atoms with Crippen molar-refractivity contribution in [3.63, 3.8) is 0 Å². The minimum absolute atomic E-state index is 0.0994. The van der Waals surface area contributed by atoms with E-state index in [0.29, 0.717) is 5.58 Å². The highest BCUT2D eigenvalue weighted by Gasteiger charge is 2.20. The van der Waals surface area contributed by atoms with Crippen LogP contribution in [-0.4, -0.2) is 25.1 Å². The lowest BCUT2D eigenvalue weighted by atomic mass is 10.1. The van der Waals surface area contributed by atoms with Crippen molar-refractivity contribution in [3.05, 3.63) is 42.2 Å². The van der Waals surface area contributed by atoms with Crippen molar-refractivity contribution in [2.24, 2.45) is 0 Å². The highest BCUT2D eigenvalue weighted by Crippen LogP contribution is 2.31. The molecule has 0 fully saturated rings. The van der Waals surface area contributed by atoms with Gasteiger partial charge >= 0.3 is 0 Å². The first-order chi connectivity index (χ1) is 11.4. The lowest BCUT2D eigenvalue weighted by molar-refractivity contribution is 0.450. The summed E-state index contributed by atoms with van der Waals surface area (Å²) in [5.74, 6) is 0.930. The first-order valence-electron chi connectivity index (χ1n) is 7.91. The van der Waals surface area contributed by atoms with E-state index in [1.165, 1.54) is 0 Å². The van der Waals surface area contributed by atoms with Gasteiger partial charge in [-0.2, -0.15) is 0 Å². The molecule has 0 atom stereocenters. The van der Waals surface area contributed by atoms with Crippen LogP contribution in [0.1, 0.15) is 26.5 Å². The van der Waals surface area contributed by atoms with Crippen molar-refractivity contribution in [1.29, 1.82) is 0 Å². The smallest absolute Gasteiger partial charge is 0.185 e. The number of nitrogens with one attached hydrogen (secondary N) is 1. The molecule has 4 rings (SSSR count). The Morgan fingerprint density at radius 1 is 1.08 bits per heavy atom. The van der Waals surface area contributed by atoms with Crippen LogP contribution in [0.4, 0.5) is 5.82 Å². The average Bonchev–Trinajstić information content (AvgIpc) is 3.08. The summed E-state index contributed by atoms with van der Waals surface area (Å²) in [6.45, 7) is 8.26. The van der Waals surface area contributed by atoms with Gasteiger partial charge in [0.15, 0.2) is 5.58 Å². The fraction of sp³-hybridized carbons (Fsp3) is 0.278. The molecule has 0 bridgehead atoms. The summed E-state index contributed by atoms with van der Waals surface area (Å²) in [5, 5.41) is 7.53. The third-order valence-corrected chi connectivity index (χ3v) is 3.75. The lowest BCUT2D eigenvalue weighted by Gasteiger charge is -2.22. The zero-order chi connectivity index (χ0) is 16.9. The largest absolute Gasteiger partial charge is 0.365 e. The van der Waals surface area contributed by atoms with Crippen molar-refractivity contribution in [1.82, 2.24) is 19.5 Å². The minimum Gasteiger partial charge on any atom is -0.365 e. The maximum Gasteiger partial charge on any atom is 0.185 e. The van der Waals surface area contributed by atoms with Gasteiger partial charge in [0.25, 0.3) is 0 Å². The van der Waals surface area contributed by atoms with E-state index in [9.17, 15) is 0 Å². The molecule has 0 amide bonds. The molecule has 0 unspecified atom stereocenters. The summed E-state index contributed by atoms with van der Waals surface area (Å²) in [4.78, 5) is 9.49. The molecule has 1 N–H and O–H groups in total. The molecule has 0 radical (unpaired) electrons. The van der Waals surface area contributed by atoms with Gasteiger partial charge in [-0.25, -0.2) is 9.97 Å². The number of pyridine rings is 2. The topological polar surface area (TPSA) is 68.2 Å². The average molecular weight is 321 g/mol. The van der Waals surface area contributed by atoms with Crippen molar-refractivity contribution in [3.8, 4) is 11.4 Å². The highest BCUT2D eigenvalue weighted by atomic mass is 16.5. The first-order valence-corrected chi connectivity index (χ1v) is 7.91. The number of hydrogen-bond acceptors (Lipinski definition) is 5. The van der Waals surface area contributed by atoms with Crippen LogP contribution in [0, 0.1) is 6.92 Å². The van der Waals surface area contributed by atoms with Crippen molar-refractivity contribution >= 4 is 22.6 Å². The Morgan fingerprint density at radius 3 is 2.71 bits per heavy atom. The second-order valence-corrected chi connectivity index (χ2v) is 6.92. The molecule has 0 spiro atoms. The van der Waals surface area contributed by atoms with E-state index < -0.39 is 0 Å². The van der Waals surface area contributed by atoms with Crippen LogP contribution in [0.25, 0.3) is 28.1 Å². The Kier molecular flexibility index (Phi) is 3.09. The van der Waals surface area contributed by atoms with Gasteiger partial charge in [-0.05, 0) is 52.0 Å². The summed E-state index contributed by atoms with van der Waals surface area (Å²) in [5.41, 5.74) is 4.63. The van der Waals surface area contributed by atoms with Gasteiger partial charge in [0.05, 0.1) is 5.69 Å². The number of aryl methyl sites for hydroxylation is 1. The zero-order valence-electron chi connectivity index (χ0n) is 14.2. The molecule has 6 heteroatoms. The molecule has 4 aromatic heterocycles. The third kappa shape index (κ3) is 2.40. The summed E-state index contributed by atoms with van der Waals surface area (Å²) < 4.78 is 7.30. The monoisotopic (exact) mass is 321 g/mol. The Balaban J connectivity index is 1.96. The predicted octanol–water partition coefficient (Wildman–Crippen LogP) is 4.06. The number of imidazole rings is 1. The third-order valence-electron chi connectivity index (χ3n) is 3.75. The Bertz CT molecular complexity index is 1040. The summed E-state index contributed by atoms with van der Waals surface area (Å²) >= 11 is 0. The number of fused-ring (bicyclic) bond motifs is 2. The fourth-order valence-electron chi connectivity index (χ4n) is 2.72. The summed E-state index contributed by atoms with van der Waals surface area (Å²) in [7, 11) is 0. The molecule has 4 heterocycles. The number of hydrogen-bond donors (Lipinski definition) is 1. The number of anilines is 1. The molecule has 24 heavy (non-hydrogen) atoms. The van der Waals surface area contributed by atoms with Gasteiger partial charge in [-0.1, -0.05) is 11.2 Å². The molecule has 0 aromatic carbocycles. The lowest BCUT2D eigenvalue weighted by Crippen LogP contribution is -2.27. The summed E-state index contributed by atoms with van der Waals surface area (Å²) in [6.07, 6.45) is 2.00. The van der Waals surface area contributed by atoms with Gasteiger partial charge in [0.2, 0.25) is 0 Å². The molecular weight excluding hydrogens is 302 g/mol. The minimum atomic E-state index is -0.0994. The van der Waals surface area contributed by atoms with E-state index >= 15 is 0 Å². The molecule has 0 aliphatic heterocycles. The van der Waals surface area contributed by atoms with Crippen LogP contribution in [-0.2, 0) is 0 Å². The quantitative estimate of drug-likeness (QED) is 0.603. The molecule has 0 saturated heterocycles. The van der Waals surface area contributed by atoms with Crippen LogP contribution < -0.4 is 5.32 Å². The van der Waals surface area contributed by atoms with Crippen LogP contribution in [0.2, 0.25) is 0 Å². The van der Waals surface area contributed by atoms with Gasteiger partial charge in [0.1, 0.15) is 28.4 Å². The molecule has 0 aliphatic carbocycles. The van der Waals surface area contributed by atoms with Crippen LogP contribution in [0.3, 0.4) is 0 Å². The van der Waals surface area contributed by atoms with Crippen molar-refractivity contribution < 1.29 is 4.52 Å². The van der Waals surface area contributed by atoms with Gasteiger partial charge in [-0.15, -0.1) is 0 Å². The van der Waals surface area contributed by atoms with Crippen LogP contribution >= 0.6 is 0 Å². The maximum atomic E-state index is 5.26. The molecule has 6 nitrogen and oxygen atoms in total. The highest BCUT2D eigenvalue weighted by molar-refractivity contribution is 5.81. The van der Waals surface area contributed by atoms with Crippen molar-refractivity contribution in [2.75, 3.05) is 5.32 Å². The van der Waals surface area contributed by atoms with E-state index in [1.54, 1.807) is 0 Å². The molecular formula is C18H19N5O. The normalized spacial score (nSPS) is 12.2. The fourth-order valence-corrected chi connectivity index (χ4v) is 2.72. The van der Waals surface area contributed by atoms with Crippen LogP contribution in [0.5, 0.6) is 0 Å². The molecule has 4 aromatic rings. The number of rotatable bonds is 2. The van der Waals surface area contributed by atoms with Crippen LogP contribution in [0.15, 0.2) is 41.1 Å². The van der Waals surface area contributed by atoms with Gasteiger partial charge in [-0.3, -0.25) is 4.40 Å². The van der Waals surface area contributed by atoms with E-state index in [1.807, 2.05) is 47.9 Å². The molecule has 122 valence electrons. The molecule has 0 aliphatic rings. The summed E-state index contributed by atoms with van der Waals surface area (Å²) in [6, 6.07) is 9.77. The van der Waals surface area contributed by atoms with Crippen molar-refractivity contribution in [2.45, 2.75) is 33.2 Å². The maximum absolute atomic E-state index is 5.26. The Labute approximate surface area is 139 Å². The van der Waals surface area contributed by atoms with E-state index in [0.717, 1.165) is 34.1 Å². The first kappa shape index (κ1) is 14.7. The SMILES string of the molecule is Cc1noc2ccc(-c3nc4ccccn4c3NC(C)(C)C)nc12. The second kappa shape index (κ2) is 5.06. The predicted molar refractivity (Wildman–Crippen MR) is 94.1 cm³/mol. The van der Waals surface area contributed by atoms with E-state index in [4.69, 9.17) is 14.5 Å².